The Kier molecular flexibility index (Phi) is 6.31. The number of pyridine rings is 1. The second-order valence-corrected chi connectivity index (χ2v) is 8.15. The van der Waals surface area contributed by atoms with E-state index in [2.05, 4.69) is 15.6 Å². The number of nitrogens with zero attached hydrogens (tertiary/aromatic N) is 2. The number of thioether (sulfide) groups is 1. The van der Waals surface area contributed by atoms with Crippen molar-refractivity contribution >= 4 is 35.1 Å². The molecule has 152 valence electrons. The van der Waals surface area contributed by atoms with Gasteiger partial charge in [-0.15, -0.1) is 11.8 Å². The Morgan fingerprint density at radius 3 is 2.90 bits per heavy atom. The minimum Gasteiger partial charge on any atom is -0.376 e. The molecule has 3 heterocycles. The van der Waals surface area contributed by atoms with Crippen molar-refractivity contribution in [2.75, 3.05) is 35.7 Å². The van der Waals surface area contributed by atoms with Crippen LogP contribution in [-0.2, 0) is 16.0 Å². The third-order valence-electron chi connectivity index (χ3n) is 4.96. The summed E-state index contributed by atoms with van der Waals surface area (Å²) in [6.07, 6.45) is 4.26. The monoisotopic (exact) mass is 412 g/mol. The fourth-order valence-corrected chi connectivity index (χ4v) is 4.37. The van der Waals surface area contributed by atoms with Crippen molar-refractivity contribution in [3.8, 4) is 0 Å². The van der Waals surface area contributed by atoms with Crippen molar-refractivity contribution < 1.29 is 14.3 Å². The fourth-order valence-electron chi connectivity index (χ4n) is 3.44. The van der Waals surface area contributed by atoms with Crippen LogP contribution in [-0.4, -0.2) is 48.5 Å². The maximum absolute atomic E-state index is 12.7. The molecule has 0 radical (unpaired) electrons. The Morgan fingerprint density at radius 2 is 2.10 bits per heavy atom. The second kappa shape index (κ2) is 9.28. The number of carbonyl (C=O) groups excluding carboxylic acids is 2. The molecule has 1 aromatic heterocycles. The van der Waals surface area contributed by atoms with Gasteiger partial charge in [0.05, 0.1) is 18.2 Å². The molecule has 1 unspecified atom stereocenters. The van der Waals surface area contributed by atoms with Crippen molar-refractivity contribution in [3.63, 3.8) is 0 Å². The quantitative estimate of drug-likeness (QED) is 0.789. The summed E-state index contributed by atoms with van der Waals surface area (Å²) < 4.78 is 5.51. The van der Waals surface area contributed by atoms with Gasteiger partial charge in [0, 0.05) is 37.3 Å². The Labute approximate surface area is 174 Å². The summed E-state index contributed by atoms with van der Waals surface area (Å²) in [6.45, 7) is 1.99. The molecule has 1 aromatic carbocycles. The highest BCUT2D eigenvalue weighted by Gasteiger charge is 2.23. The van der Waals surface area contributed by atoms with E-state index in [0.717, 1.165) is 41.5 Å². The maximum atomic E-state index is 12.7. The summed E-state index contributed by atoms with van der Waals surface area (Å²) in [5, 5.41) is 6.73. The van der Waals surface area contributed by atoms with Crippen LogP contribution >= 0.6 is 11.8 Å². The largest absolute Gasteiger partial charge is 0.376 e. The van der Waals surface area contributed by atoms with E-state index in [0.29, 0.717) is 25.2 Å². The lowest BCUT2D eigenvalue weighted by Gasteiger charge is -2.28. The van der Waals surface area contributed by atoms with E-state index in [9.17, 15) is 9.59 Å². The molecule has 0 aliphatic carbocycles. The van der Waals surface area contributed by atoms with Gasteiger partial charge in [-0.05, 0) is 42.7 Å². The minimum atomic E-state index is -0.179. The summed E-state index contributed by atoms with van der Waals surface area (Å²) in [7, 11) is 0. The van der Waals surface area contributed by atoms with Crippen LogP contribution in [0.2, 0.25) is 0 Å². The molecule has 29 heavy (non-hydrogen) atoms. The molecule has 2 aliphatic rings. The number of benzene rings is 1. The van der Waals surface area contributed by atoms with Gasteiger partial charge in [0.2, 0.25) is 5.91 Å². The van der Waals surface area contributed by atoms with Gasteiger partial charge in [-0.2, -0.15) is 0 Å². The van der Waals surface area contributed by atoms with Crippen molar-refractivity contribution in [1.82, 2.24) is 10.3 Å². The number of nitrogens with one attached hydrogen (secondary N) is 2. The molecule has 0 saturated carbocycles. The van der Waals surface area contributed by atoms with Crippen LogP contribution in [0.3, 0.4) is 0 Å². The standard InChI is InChI=1S/C21H24N4O3S/c26-19(23-14-17-3-2-11-28-17)13-15-5-7-16(8-6-15)24-21(27)25-10-12-29-20-18(25)4-1-9-22-20/h1,4-9,17H,2-3,10-14H2,(H,23,26)(H,24,27). The number of hydrogen-bond donors (Lipinski definition) is 2. The first-order valence-corrected chi connectivity index (χ1v) is 10.8. The van der Waals surface area contributed by atoms with Crippen molar-refractivity contribution in [2.24, 2.45) is 0 Å². The Hall–Kier alpha value is -2.58. The molecule has 0 bridgehead atoms. The summed E-state index contributed by atoms with van der Waals surface area (Å²) >= 11 is 1.66. The van der Waals surface area contributed by atoms with Gasteiger partial charge in [-0.25, -0.2) is 9.78 Å². The number of hydrogen-bond acceptors (Lipinski definition) is 5. The fraction of sp³-hybridized carbons (Fsp3) is 0.381. The van der Waals surface area contributed by atoms with E-state index in [1.807, 2.05) is 36.4 Å². The maximum Gasteiger partial charge on any atom is 0.326 e. The van der Waals surface area contributed by atoms with Gasteiger partial charge in [0.25, 0.3) is 0 Å². The molecule has 2 aromatic rings. The van der Waals surface area contributed by atoms with Crippen molar-refractivity contribution in [3.05, 3.63) is 48.2 Å². The molecule has 1 fully saturated rings. The molecular formula is C21H24N4O3S. The van der Waals surface area contributed by atoms with Gasteiger partial charge in [0.15, 0.2) is 0 Å². The third kappa shape index (κ3) is 5.07. The Bertz CT molecular complexity index is 868. The molecule has 4 rings (SSSR count). The molecule has 0 spiro atoms. The Balaban J connectivity index is 1.30. The topological polar surface area (TPSA) is 83.6 Å². The number of anilines is 2. The minimum absolute atomic E-state index is 0.0211. The molecule has 7 nitrogen and oxygen atoms in total. The highest BCUT2D eigenvalue weighted by molar-refractivity contribution is 7.99. The summed E-state index contributed by atoms with van der Waals surface area (Å²) in [5.74, 6) is 0.796. The normalized spacial score (nSPS) is 18.2. The zero-order chi connectivity index (χ0) is 20.1. The first kappa shape index (κ1) is 19.7. The smallest absolute Gasteiger partial charge is 0.326 e. The number of urea groups is 1. The van der Waals surface area contributed by atoms with Crippen LogP contribution in [0.1, 0.15) is 18.4 Å². The van der Waals surface area contributed by atoms with Crippen LogP contribution in [0.5, 0.6) is 0 Å². The van der Waals surface area contributed by atoms with E-state index < -0.39 is 0 Å². The van der Waals surface area contributed by atoms with Gasteiger partial charge < -0.3 is 15.4 Å². The van der Waals surface area contributed by atoms with Crippen LogP contribution in [0.25, 0.3) is 0 Å². The van der Waals surface area contributed by atoms with Crippen LogP contribution < -0.4 is 15.5 Å². The lowest BCUT2D eigenvalue weighted by atomic mass is 10.1. The second-order valence-electron chi connectivity index (χ2n) is 7.07. The SMILES string of the molecule is O=C(Cc1ccc(NC(=O)N2CCSc3ncccc32)cc1)NCC1CCCO1. The average Bonchev–Trinajstić information content (AvgIpc) is 3.27. The van der Waals surface area contributed by atoms with Gasteiger partial charge >= 0.3 is 6.03 Å². The molecule has 3 amide bonds. The van der Waals surface area contributed by atoms with Crippen LogP contribution in [0.4, 0.5) is 16.2 Å². The van der Waals surface area contributed by atoms with E-state index in [-0.39, 0.29) is 18.0 Å². The number of amides is 3. The van der Waals surface area contributed by atoms with E-state index in [1.54, 1.807) is 22.9 Å². The lowest BCUT2D eigenvalue weighted by Crippen LogP contribution is -2.38. The van der Waals surface area contributed by atoms with E-state index >= 15 is 0 Å². The average molecular weight is 413 g/mol. The van der Waals surface area contributed by atoms with Crippen LogP contribution in [0.15, 0.2) is 47.6 Å². The third-order valence-corrected chi connectivity index (χ3v) is 5.94. The van der Waals surface area contributed by atoms with E-state index in [1.165, 1.54) is 0 Å². The van der Waals surface area contributed by atoms with Crippen molar-refractivity contribution in [1.29, 1.82) is 0 Å². The first-order chi connectivity index (χ1) is 14.2. The predicted molar refractivity (Wildman–Crippen MR) is 113 cm³/mol. The molecule has 2 aliphatic heterocycles. The Morgan fingerprint density at radius 1 is 1.24 bits per heavy atom. The number of aromatic nitrogens is 1. The van der Waals surface area contributed by atoms with E-state index in [4.69, 9.17) is 4.74 Å². The van der Waals surface area contributed by atoms with Gasteiger partial charge in [-0.3, -0.25) is 9.69 Å². The van der Waals surface area contributed by atoms with Crippen molar-refractivity contribution in [2.45, 2.75) is 30.4 Å². The highest BCUT2D eigenvalue weighted by atomic mass is 32.2. The molecule has 1 saturated heterocycles. The molecule has 2 N–H and O–H groups in total. The van der Waals surface area contributed by atoms with Gasteiger partial charge in [0.1, 0.15) is 5.03 Å². The number of fused-ring (bicyclic) bond motifs is 1. The van der Waals surface area contributed by atoms with Gasteiger partial charge in [-0.1, -0.05) is 12.1 Å². The molecule has 8 heteroatoms. The number of carbonyl (C=O) groups is 2. The molecular weight excluding hydrogens is 388 g/mol. The first-order valence-electron chi connectivity index (χ1n) is 9.82. The highest BCUT2D eigenvalue weighted by Crippen LogP contribution is 2.32. The zero-order valence-electron chi connectivity index (χ0n) is 16.1. The van der Waals surface area contributed by atoms with Crippen LogP contribution in [0, 0.1) is 0 Å². The zero-order valence-corrected chi connectivity index (χ0v) is 16.9. The number of ether oxygens (including phenoxy) is 1. The predicted octanol–water partition coefficient (Wildman–Crippen LogP) is 3.06. The summed E-state index contributed by atoms with van der Waals surface area (Å²) in [5.41, 5.74) is 2.43. The lowest BCUT2D eigenvalue weighted by molar-refractivity contribution is -0.120. The number of rotatable bonds is 5. The molecule has 1 atom stereocenters. The summed E-state index contributed by atoms with van der Waals surface area (Å²) in [6, 6.07) is 10.9. The summed E-state index contributed by atoms with van der Waals surface area (Å²) in [4.78, 5) is 30.9.